The van der Waals surface area contributed by atoms with Crippen molar-refractivity contribution in [3.8, 4) is 0 Å². The van der Waals surface area contributed by atoms with E-state index in [4.69, 9.17) is 0 Å². The van der Waals surface area contributed by atoms with Gasteiger partial charge in [0.05, 0.1) is 11.0 Å². The van der Waals surface area contributed by atoms with Crippen LogP contribution in [0.5, 0.6) is 0 Å². The minimum absolute atomic E-state index is 0.0637. The molecule has 1 aliphatic heterocycles. The maximum Gasteiger partial charge on any atom is 0.289 e. The highest BCUT2D eigenvalue weighted by molar-refractivity contribution is 9.10. The van der Waals surface area contributed by atoms with Gasteiger partial charge in [-0.15, -0.1) is 0 Å². The van der Waals surface area contributed by atoms with E-state index in [1.807, 2.05) is 49.9 Å². The summed E-state index contributed by atoms with van der Waals surface area (Å²) in [6.45, 7) is 7.24. The Hall–Kier alpha value is -2.21. The van der Waals surface area contributed by atoms with Gasteiger partial charge in [-0.25, -0.2) is 4.98 Å². The van der Waals surface area contributed by atoms with Crippen molar-refractivity contribution in [2.75, 3.05) is 6.54 Å². The summed E-state index contributed by atoms with van der Waals surface area (Å²) in [4.78, 5) is 26.6. The molecule has 3 aromatic rings. The second-order valence-corrected chi connectivity index (χ2v) is 6.59. The second-order valence-electron chi connectivity index (χ2n) is 5.74. The summed E-state index contributed by atoms with van der Waals surface area (Å²) in [7, 11) is 0. The molecule has 3 heterocycles. The molecule has 1 amide bonds. The molecule has 0 spiro atoms. The molecule has 1 aliphatic rings. The first-order valence-electron chi connectivity index (χ1n) is 8.50. The van der Waals surface area contributed by atoms with Gasteiger partial charge in [-0.3, -0.25) is 9.78 Å². The number of hydrogen-bond acceptors (Lipinski definition) is 3. The summed E-state index contributed by atoms with van der Waals surface area (Å²) in [6.07, 6.45) is 2.59. The van der Waals surface area contributed by atoms with Crippen molar-refractivity contribution < 1.29 is 4.79 Å². The minimum atomic E-state index is -0.0637. The summed E-state index contributed by atoms with van der Waals surface area (Å²) < 4.78 is 0.994. The summed E-state index contributed by atoms with van der Waals surface area (Å²) in [5.74, 6) is 0.333. The zero-order chi connectivity index (χ0) is 18.0. The summed E-state index contributed by atoms with van der Waals surface area (Å²) in [6, 6.07) is 7.84. The summed E-state index contributed by atoms with van der Waals surface area (Å²) >= 11 is 3.50. The summed E-state index contributed by atoms with van der Waals surface area (Å²) in [5, 5.41) is 0. The molecule has 0 aliphatic carbocycles. The number of amides is 1. The molecule has 1 aromatic carbocycles. The van der Waals surface area contributed by atoms with E-state index in [1.54, 1.807) is 6.20 Å². The van der Waals surface area contributed by atoms with E-state index >= 15 is 0 Å². The quantitative estimate of drug-likeness (QED) is 0.663. The molecule has 0 saturated heterocycles. The van der Waals surface area contributed by atoms with E-state index < -0.39 is 0 Å². The van der Waals surface area contributed by atoms with Crippen LogP contribution in [0.3, 0.4) is 0 Å². The van der Waals surface area contributed by atoms with Gasteiger partial charge in [0, 0.05) is 35.9 Å². The number of nitrogens with one attached hydrogen (secondary N) is 1. The molecule has 25 heavy (non-hydrogen) atoms. The molecule has 1 N–H and O–H groups in total. The van der Waals surface area contributed by atoms with Crippen molar-refractivity contribution in [3.05, 3.63) is 57.6 Å². The fourth-order valence-corrected chi connectivity index (χ4v) is 3.30. The Morgan fingerprint density at radius 3 is 2.88 bits per heavy atom. The average Bonchev–Trinajstić information content (AvgIpc) is 3.10. The Balaban J connectivity index is 0.000000880. The minimum Gasteiger partial charge on any atom is -0.334 e. The normalized spacial score (nSPS) is 13.2. The molecule has 0 radical (unpaired) electrons. The van der Waals surface area contributed by atoms with Crippen LogP contribution in [-0.4, -0.2) is 32.3 Å². The molecule has 2 aromatic heterocycles. The smallest absolute Gasteiger partial charge is 0.289 e. The number of carbonyl (C=O) groups is 1. The predicted octanol–water partition coefficient (Wildman–Crippen LogP) is 4.25. The topological polar surface area (TPSA) is 61.9 Å². The van der Waals surface area contributed by atoms with E-state index in [0.29, 0.717) is 18.9 Å². The van der Waals surface area contributed by atoms with E-state index in [2.05, 4.69) is 30.9 Å². The lowest BCUT2D eigenvalue weighted by atomic mass is 10.1. The van der Waals surface area contributed by atoms with E-state index in [0.717, 1.165) is 38.7 Å². The van der Waals surface area contributed by atoms with Crippen LogP contribution < -0.4 is 0 Å². The van der Waals surface area contributed by atoms with Gasteiger partial charge in [0.1, 0.15) is 0 Å². The third-order valence-electron chi connectivity index (χ3n) is 4.30. The number of carbonyl (C=O) groups excluding carboxylic acids is 1. The van der Waals surface area contributed by atoms with E-state index in [-0.39, 0.29) is 5.91 Å². The molecule has 0 bridgehead atoms. The Morgan fingerprint density at radius 1 is 1.28 bits per heavy atom. The molecule has 0 saturated carbocycles. The Morgan fingerprint density at radius 2 is 2.08 bits per heavy atom. The van der Waals surface area contributed by atoms with Crippen LogP contribution in [0.4, 0.5) is 0 Å². The molecule has 5 nitrogen and oxygen atoms in total. The Kier molecular flexibility index (Phi) is 5.18. The van der Waals surface area contributed by atoms with Gasteiger partial charge < -0.3 is 9.88 Å². The first-order chi connectivity index (χ1) is 12.1. The van der Waals surface area contributed by atoms with Crippen LogP contribution in [-0.2, 0) is 13.0 Å². The fourth-order valence-electron chi connectivity index (χ4n) is 2.98. The molecule has 4 rings (SSSR count). The number of imidazole rings is 1. The van der Waals surface area contributed by atoms with Crippen molar-refractivity contribution in [1.82, 2.24) is 19.9 Å². The Labute approximate surface area is 155 Å². The summed E-state index contributed by atoms with van der Waals surface area (Å²) in [5.41, 5.74) is 4.95. The number of rotatable bonds is 1. The highest BCUT2D eigenvalue weighted by Gasteiger charge is 2.24. The van der Waals surface area contributed by atoms with Gasteiger partial charge in [0.2, 0.25) is 0 Å². The number of halogens is 1. The largest absolute Gasteiger partial charge is 0.334 e. The average molecular weight is 401 g/mol. The standard InChI is InChI=1S/C17H15BrN4O.C2H6/c1-10-12(18)4-5-14-15(10)21-16(20-14)17(23)22-8-6-13-11(9-22)3-2-7-19-13;1-2/h2-5,7H,6,8-9H2,1H3,(H,20,21);1-2H3. The number of aryl methyl sites for hydroxylation is 1. The van der Waals surface area contributed by atoms with Gasteiger partial charge in [-0.1, -0.05) is 35.8 Å². The lowest BCUT2D eigenvalue weighted by Crippen LogP contribution is -2.36. The first-order valence-corrected chi connectivity index (χ1v) is 9.29. The maximum absolute atomic E-state index is 12.8. The SMILES string of the molecule is CC.Cc1c(Br)ccc2[nH]c(C(=O)N3CCc4ncccc4C3)nc12. The van der Waals surface area contributed by atoms with Crippen LogP contribution in [0.2, 0.25) is 0 Å². The number of pyridine rings is 1. The molecule has 0 fully saturated rings. The second kappa shape index (κ2) is 7.35. The van der Waals surface area contributed by atoms with Crippen LogP contribution in [0.15, 0.2) is 34.9 Å². The highest BCUT2D eigenvalue weighted by Crippen LogP contribution is 2.25. The molecule has 0 unspecified atom stereocenters. The van der Waals surface area contributed by atoms with Crippen molar-refractivity contribution in [3.63, 3.8) is 0 Å². The number of aromatic amines is 1. The molecule has 130 valence electrons. The van der Waals surface area contributed by atoms with Gasteiger partial charge >= 0.3 is 0 Å². The number of aromatic nitrogens is 3. The predicted molar refractivity (Wildman–Crippen MR) is 103 cm³/mol. The lowest BCUT2D eigenvalue weighted by molar-refractivity contribution is 0.0722. The van der Waals surface area contributed by atoms with E-state index in [9.17, 15) is 4.79 Å². The maximum atomic E-state index is 12.8. The molecular weight excluding hydrogens is 380 g/mol. The van der Waals surface area contributed by atoms with Crippen LogP contribution in [0.1, 0.15) is 41.3 Å². The van der Waals surface area contributed by atoms with Gasteiger partial charge in [0.15, 0.2) is 5.82 Å². The fraction of sp³-hybridized carbons (Fsp3) is 0.316. The number of benzene rings is 1. The first kappa shape index (κ1) is 17.6. The van der Waals surface area contributed by atoms with Crippen LogP contribution in [0.25, 0.3) is 11.0 Å². The van der Waals surface area contributed by atoms with Gasteiger partial charge in [-0.05, 0) is 36.2 Å². The number of hydrogen-bond donors (Lipinski definition) is 1. The van der Waals surface area contributed by atoms with Crippen molar-refractivity contribution in [2.24, 2.45) is 0 Å². The Bertz CT molecular complexity index is 919. The van der Waals surface area contributed by atoms with Gasteiger partial charge in [0.25, 0.3) is 5.91 Å². The molecule has 6 heteroatoms. The third kappa shape index (κ3) is 3.31. The third-order valence-corrected chi connectivity index (χ3v) is 5.15. The number of nitrogens with zero attached hydrogens (tertiary/aromatic N) is 3. The van der Waals surface area contributed by atoms with E-state index in [1.165, 1.54) is 0 Å². The van der Waals surface area contributed by atoms with Crippen LogP contribution in [0, 0.1) is 6.92 Å². The zero-order valence-corrected chi connectivity index (χ0v) is 16.2. The lowest BCUT2D eigenvalue weighted by Gasteiger charge is -2.27. The van der Waals surface area contributed by atoms with Crippen molar-refractivity contribution >= 4 is 32.9 Å². The number of H-pyrrole nitrogens is 1. The number of fused-ring (bicyclic) bond motifs is 2. The van der Waals surface area contributed by atoms with Crippen molar-refractivity contribution in [2.45, 2.75) is 33.7 Å². The van der Waals surface area contributed by atoms with Crippen molar-refractivity contribution in [1.29, 1.82) is 0 Å². The van der Waals surface area contributed by atoms with Gasteiger partial charge in [-0.2, -0.15) is 0 Å². The highest BCUT2D eigenvalue weighted by atomic mass is 79.9. The molecule has 0 atom stereocenters. The zero-order valence-electron chi connectivity index (χ0n) is 14.6. The monoisotopic (exact) mass is 400 g/mol. The van der Waals surface area contributed by atoms with Crippen LogP contribution >= 0.6 is 15.9 Å². The molecular formula is C19H21BrN4O.